The number of nitrogens with zero attached hydrogens (tertiary/aromatic N) is 2. The zero-order chi connectivity index (χ0) is 18.4. The van der Waals surface area contributed by atoms with E-state index in [1.165, 1.54) is 5.52 Å². The predicted octanol–water partition coefficient (Wildman–Crippen LogP) is 3.72. The van der Waals surface area contributed by atoms with E-state index in [9.17, 15) is 4.79 Å². The molecule has 0 aliphatic carbocycles. The Bertz CT molecular complexity index is 886. The van der Waals surface area contributed by atoms with Gasteiger partial charge in [0.15, 0.2) is 0 Å². The van der Waals surface area contributed by atoms with Crippen molar-refractivity contribution in [3.05, 3.63) is 59.9 Å². The van der Waals surface area contributed by atoms with Crippen molar-refractivity contribution in [2.75, 3.05) is 13.7 Å². The van der Waals surface area contributed by atoms with E-state index in [4.69, 9.17) is 9.72 Å². The smallest absolute Gasteiger partial charge is 0.251 e. The lowest BCUT2D eigenvalue weighted by Gasteiger charge is -2.07. The summed E-state index contributed by atoms with van der Waals surface area (Å²) >= 11 is 0. The number of aromatic nitrogens is 2. The first-order chi connectivity index (χ1) is 12.7. The van der Waals surface area contributed by atoms with Crippen molar-refractivity contribution in [1.29, 1.82) is 0 Å². The Kier molecular flexibility index (Phi) is 5.89. The molecule has 0 unspecified atom stereocenters. The maximum absolute atomic E-state index is 12.1. The number of aryl methyl sites for hydroxylation is 2. The second kappa shape index (κ2) is 8.52. The number of imidazole rings is 1. The van der Waals surface area contributed by atoms with E-state index in [-0.39, 0.29) is 5.91 Å². The molecule has 3 aromatic rings. The Hall–Kier alpha value is -2.82. The molecule has 0 spiro atoms. The van der Waals surface area contributed by atoms with E-state index >= 15 is 0 Å². The van der Waals surface area contributed by atoms with Crippen LogP contribution in [-0.2, 0) is 13.5 Å². The molecule has 1 N–H and O–H groups in total. The molecule has 0 aliphatic rings. The molecule has 0 radical (unpaired) electrons. The largest absolute Gasteiger partial charge is 0.497 e. The maximum Gasteiger partial charge on any atom is 0.251 e. The molecule has 0 saturated heterocycles. The maximum atomic E-state index is 12.1. The highest BCUT2D eigenvalue weighted by Crippen LogP contribution is 2.16. The summed E-state index contributed by atoms with van der Waals surface area (Å²) in [4.78, 5) is 16.8. The van der Waals surface area contributed by atoms with Gasteiger partial charge in [-0.2, -0.15) is 0 Å². The average molecular weight is 351 g/mol. The summed E-state index contributed by atoms with van der Waals surface area (Å²) in [7, 11) is 3.67. The Morgan fingerprint density at radius 3 is 2.77 bits per heavy atom. The van der Waals surface area contributed by atoms with Gasteiger partial charge in [0, 0.05) is 25.6 Å². The molecule has 1 aromatic heterocycles. The SMILES string of the molecule is COc1cccc(C(=O)NCCCCCc2nc3ccccc3n2C)c1. The van der Waals surface area contributed by atoms with Crippen LogP contribution >= 0.6 is 0 Å². The van der Waals surface area contributed by atoms with Crippen LogP contribution in [-0.4, -0.2) is 29.1 Å². The predicted molar refractivity (Wildman–Crippen MR) is 104 cm³/mol. The highest BCUT2D eigenvalue weighted by atomic mass is 16.5. The number of benzene rings is 2. The molecule has 26 heavy (non-hydrogen) atoms. The molecule has 1 amide bonds. The van der Waals surface area contributed by atoms with Gasteiger partial charge in [0.1, 0.15) is 11.6 Å². The van der Waals surface area contributed by atoms with Crippen LogP contribution in [0.3, 0.4) is 0 Å². The summed E-state index contributed by atoms with van der Waals surface area (Å²) in [5.74, 6) is 1.76. The lowest BCUT2D eigenvalue weighted by molar-refractivity contribution is 0.0952. The van der Waals surface area contributed by atoms with Crippen LogP contribution in [0.4, 0.5) is 0 Å². The van der Waals surface area contributed by atoms with Gasteiger partial charge >= 0.3 is 0 Å². The number of ether oxygens (including phenoxy) is 1. The zero-order valence-corrected chi connectivity index (χ0v) is 15.4. The van der Waals surface area contributed by atoms with Crippen molar-refractivity contribution in [2.24, 2.45) is 7.05 Å². The van der Waals surface area contributed by atoms with Crippen molar-refractivity contribution in [1.82, 2.24) is 14.9 Å². The molecule has 3 rings (SSSR count). The van der Waals surface area contributed by atoms with Gasteiger partial charge in [-0.15, -0.1) is 0 Å². The highest BCUT2D eigenvalue weighted by Gasteiger charge is 2.07. The fraction of sp³-hybridized carbons (Fsp3) is 0.333. The first kappa shape index (κ1) is 18.0. The van der Waals surface area contributed by atoms with Crippen LogP contribution in [0.15, 0.2) is 48.5 Å². The molecule has 0 fully saturated rings. The Morgan fingerprint density at radius 1 is 1.12 bits per heavy atom. The minimum atomic E-state index is -0.0562. The molecule has 136 valence electrons. The highest BCUT2D eigenvalue weighted by molar-refractivity contribution is 5.94. The molecule has 0 atom stereocenters. The first-order valence-electron chi connectivity index (χ1n) is 9.01. The Balaban J connectivity index is 1.40. The van der Waals surface area contributed by atoms with Gasteiger partial charge in [-0.05, 0) is 43.2 Å². The van der Waals surface area contributed by atoms with Crippen molar-refractivity contribution >= 4 is 16.9 Å². The number of methoxy groups -OCH3 is 1. The van der Waals surface area contributed by atoms with Gasteiger partial charge in [0.2, 0.25) is 0 Å². The molecule has 1 heterocycles. The summed E-state index contributed by atoms with van der Waals surface area (Å²) in [6.07, 6.45) is 4.03. The topological polar surface area (TPSA) is 56.1 Å². The van der Waals surface area contributed by atoms with Crippen molar-refractivity contribution in [2.45, 2.75) is 25.7 Å². The third kappa shape index (κ3) is 4.23. The molecular weight excluding hydrogens is 326 g/mol. The van der Waals surface area contributed by atoms with Gasteiger partial charge in [0.25, 0.3) is 5.91 Å². The summed E-state index contributed by atoms with van der Waals surface area (Å²) in [5, 5.41) is 2.97. The number of hydrogen-bond acceptors (Lipinski definition) is 3. The van der Waals surface area contributed by atoms with E-state index in [2.05, 4.69) is 23.0 Å². The number of rotatable bonds is 8. The number of carbonyl (C=O) groups excluding carboxylic acids is 1. The standard InChI is InChI=1S/C21H25N3O2/c1-24-19-12-6-5-11-18(19)23-20(24)13-4-3-7-14-22-21(25)16-9-8-10-17(15-16)26-2/h5-6,8-12,15H,3-4,7,13-14H2,1-2H3,(H,22,25). The van der Waals surface area contributed by atoms with Gasteiger partial charge in [-0.3, -0.25) is 4.79 Å². The number of hydrogen-bond donors (Lipinski definition) is 1. The van der Waals surface area contributed by atoms with E-state index in [0.29, 0.717) is 17.9 Å². The number of carbonyl (C=O) groups is 1. The van der Waals surface area contributed by atoms with E-state index in [0.717, 1.165) is 37.0 Å². The number of para-hydroxylation sites is 2. The average Bonchev–Trinajstić information content (AvgIpc) is 3.00. The monoisotopic (exact) mass is 351 g/mol. The van der Waals surface area contributed by atoms with Gasteiger partial charge < -0.3 is 14.6 Å². The summed E-state index contributed by atoms with van der Waals surface area (Å²) in [6, 6.07) is 15.4. The fourth-order valence-electron chi connectivity index (χ4n) is 3.07. The zero-order valence-electron chi connectivity index (χ0n) is 15.4. The minimum absolute atomic E-state index is 0.0562. The molecule has 2 aromatic carbocycles. The van der Waals surface area contributed by atoms with Gasteiger partial charge in [0.05, 0.1) is 18.1 Å². The minimum Gasteiger partial charge on any atom is -0.497 e. The molecule has 0 bridgehead atoms. The second-order valence-corrected chi connectivity index (χ2v) is 6.37. The van der Waals surface area contributed by atoms with E-state index in [1.807, 2.05) is 30.3 Å². The normalized spacial score (nSPS) is 10.8. The van der Waals surface area contributed by atoms with Crippen LogP contribution in [0.2, 0.25) is 0 Å². The van der Waals surface area contributed by atoms with E-state index < -0.39 is 0 Å². The lowest BCUT2D eigenvalue weighted by atomic mass is 10.1. The fourth-order valence-corrected chi connectivity index (χ4v) is 3.07. The molecule has 5 heteroatoms. The Morgan fingerprint density at radius 2 is 1.96 bits per heavy atom. The number of amides is 1. The molecule has 0 saturated carbocycles. The van der Waals surface area contributed by atoms with Gasteiger partial charge in [-0.25, -0.2) is 4.98 Å². The number of nitrogens with one attached hydrogen (secondary N) is 1. The van der Waals surface area contributed by atoms with E-state index in [1.54, 1.807) is 19.2 Å². The van der Waals surface area contributed by atoms with Crippen molar-refractivity contribution in [3.8, 4) is 5.75 Å². The summed E-state index contributed by atoms with van der Waals surface area (Å²) < 4.78 is 7.31. The van der Waals surface area contributed by atoms with Crippen LogP contribution < -0.4 is 10.1 Å². The van der Waals surface area contributed by atoms with Crippen molar-refractivity contribution < 1.29 is 9.53 Å². The van der Waals surface area contributed by atoms with Crippen LogP contribution in [0, 0.1) is 0 Å². The quantitative estimate of drug-likeness (QED) is 0.629. The third-order valence-electron chi connectivity index (χ3n) is 4.57. The molecular formula is C21H25N3O2. The van der Waals surface area contributed by atoms with Crippen LogP contribution in [0.25, 0.3) is 11.0 Å². The summed E-state index contributed by atoms with van der Waals surface area (Å²) in [5.41, 5.74) is 2.85. The lowest BCUT2D eigenvalue weighted by Crippen LogP contribution is -2.24. The van der Waals surface area contributed by atoms with Crippen LogP contribution in [0.5, 0.6) is 5.75 Å². The summed E-state index contributed by atoms with van der Waals surface area (Å²) in [6.45, 7) is 0.679. The van der Waals surface area contributed by atoms with Crippen molar-refractivity contribution in [3.63, 3.8) is 0 Å². The number of fused-ring (bicyclic) bond motifs is 1. The second-order valence-electron chi connectivity index (χ2n) is 6.37. The number of unbranched alkanes of at least 4 members (excludes halogenated alkanes) is 2. The van der Waals surface area contributed by atoms with Crippen LogP contribution in [0.1, 0.15) is 35.4 Å². The Labute approximate surface area is 154 Å². The molecule has 5 nitrogen and oxygen atoms in total. The van der Waals surface area contributed by atoms with Gasteiger partial charge in [-0.1, -0.05) is 24.6 Å². The molecule has 0 aliphatic heterocycles. The first-order valence-corrected chi connectivity index (χ1v) is 9.01. The third-order valence-corrected chi connectivity index (χ3v) is 4.57.